The van der Waals surface area contributed by atoms with Gasteiger partial charge in [0.05, 0.1) is 11.3 Å². The predicted molar refractivity (Wildman–Crippen MR) is 71.1 cm³/mol. The lowest BCUT2D eigenvalue weighted by molar-refractivity contribution is 0.0698. The van der Waals surface area contributed by atoms with Crippen LogP contribution in [0.5, 0.6) is 11.5 Å². The monoisotopic (exact) mass is 291 g/mol. The van der Waals surface area contributed by atoms with Gasteiger partial charge in [0.1, 0.15) is 17.3 Å². The molecule has 0 atom stereocenters. The van der Waals surface area contributed by atoms with E-state index in [0.717, 1.165) is 36.4 Å². The van der Waals surface area contributed by atoms with Crippen LogP contribution in [0, 0.1) is 5.82 Å². The molecule has 2 rings (SSSR count). The van der Waals surface area contributed by atoms with Crippen molar-refractivity contribution in [2.75, 3.05) is 5.32 Å². The molecule has 4 N–H and O–H groups in total. The number of aromatic hydroxyl groups is 2. The van der Waals surface area contributed by atoms with E-state index >= 15 is 0 Å². The molecule has 0 fully saturated rings. The lowest BCUT2D eigenvalue weighted by Gasteiger charge is -2.09. The largest absolute Gasteiger partial charge is 0.508 e. The number of hydrogen-bond acceptors (Lipinski definition) is 4. The van der Waals surface area contributed by atoms with Gasteiger partial charge in [0.25, 0.3) is 5.91 Å². The van der Waals surface area contributed by atoms with Crippen molar-refractivity contribution >= 4 is 17.6 Å². The number of carbonyl (C=O) groups excluding carboxylic acids is 1. The van der Waals surface area contributed by atoms with Gasteiger partial charge in [0.2, 0.25) is 0 Å². The molecule has 0 spiro atoms. The number of carboxylic acids is 1. The minimum absolute atomic E-state index is 0.104. The summed E-state index contributed by atoms with van der Waals surface area (Å²) in [6, 6.07) is 6.03. The fourth-order valence-corrected chi connectivity index (χ4v) is 1.73. The number of amides is 1. The highest BCUT2D eigenvalue weighted by atomic mass is 19.1. The smallest absolute Gasteiger partial charge is 0.337 e. The van der Waals surface area contributed by atoms with Crippen molar-refractivity contribution in [2.24, 2.45) is 0 Å². The lowest BCUT2D eigenvalue weighted by atomic mass is 10.1. The molecule has 1 amide bonds. The molecule has 7 heteroatoms. The molecular formula is C14H10FNO5. The van der Waals surface area contributed by atoms with E-state index < -0.39 is 17.7 Å². The van der Waals surface area contributed by atoms with Crippen LogP contribution in [0.25, 0.3) is 0 Å². The van der Waals surface area contributed by atoms with Crippen LogP contribution >= 0.6 is 0 Å². The number of rotatable bonds is 3. The minimum atomic E-state index is -1.33. The highest BCUT2D eigenvalue weighted by Gasteiger charge is 2.15. The van der Waals surface area contributed by atoms with Crippen LogP contribution in [0.2, 0.25) is 0 Å². The first-order chi connectivity index (χ1) is 9.86. The number of carboxylic acid groups (broad SMARTS) is 1. The van der Waals surface area contributed by atoms with E-state index in [-0.39, 0.29) is 28.3 Å². The van der Waals surface area contributed by atoms with E-state index in [2.05, 4.69) is 5.32 Å². The summed E-state index contributed by atoms with van der Waals surface area (Å²) in [5, 5.41) is 29.8. The first kappa shape index (κ1) is 14.3. The fourth-order valence-electron chi connectivity index (χ4n) is 1.73. The van der Waals surface area contributed by atoms with Gasteiger partial charge in [-0.1, -0.05) is 0 Å². The number of phenolic OH excluding ortho intramolecular Hbond substituents is 2. The summed E-state index contributed by atoms with van der Waals surface area (Å²) in [4.78, 5) is 23.0. The molecule has 0 aromatic heterocycles. The number of benzene rings is 2. The maximum absolute atomic E-state index is 13.2. The second-order valence-corrected chi connectivity index (χ2v) is 4.19. The number of anilines is 1. The van der Waals surface area contributed by atoms with Crippen molar-refractivity contribution in [1.82, 2.24) is 0 Å². The third-order valence-corrected chi connectivity index (χ3v) is 2.62. The lowest BCUT2D eigenvalue weighted by Crippen LogP contribution is -2.15. The van der Waals surface area contributed by atoms with Crippen LogP contribution in [0.1, 0.15) is 20.7 Å². The highest BCUT2D eigenvalue weighted by Crippen LogP contribution is 2.23. The molecule has 0 saturated carbocycles. The van der Waals surface area contributed by atoms with Crippen molar-refractivity contribution in [2.45, 2.75) is 0 Å². The summed E-state index contributed by atoms with van der Waals surface area (Å²) in [5.41, 5.74) is -0.613. The average molecular weight is 291 g/mol. The summed E-state index contributed by atoms with van der Waals surface area (Å²) < 4.78 is 13.2. The zero-order valence-corrected chi connectivity index (χ0v) is 10.5. The van der Waals surface area contributed by atoms with E-state index in [1.165, 1.54) is 0 Å². The second-order valence-electron chi connectivity index (χ2n) is 4.19. The molecule has 0 bridgehead atoms. The topological polar surface area (TPSA) is 107 Å². The Morgan fingerprint density at radius 3 is 2.19 bits per heavy atom. The van der Waals surface area contributed by atoms with E-state index in [1.807, 2.05) is 0 Å². The maximum Gasteiger partial charge on any atom is 0.337 e. The first-order valence-corrected chi connectivity index (χ1v) is 5.74. The second kappa shape index (κ2) is 5.49. The molecule has 6 nitrogen and oxygen atoms in total. The van der Waals surface area contributed by atoms with Gasteiger partial charge < -0.3 is 20.6 Å². The number of hydrogen-bond donors (Lipinski definition) is 4. The molecule has 2 aromatic rings. The average Bonchev–Trinajstić information content (AvgIpc) is 2.37. The van der Waals surface area contributed by atoms with Gasteiger partial charge in [-0.3, -0.25) is 4.79 Å². The van der Waals surface area contributed by atoms with Gasteiger partial charge in [0.15, 0.2) is 0 Å². The zero-order chi connectivity index (χ0) is 15.6. The molecule has 21 heavy (non-hydrogen) atoms. The van der Waals surface area contributed by atoms with E-state index in [1.54, 1.807) is 0 Å². The number of halogens is 1. The van der Waals surface area contributed by atoms with Crippen LogP contribution in [0.15, 0.2) is 36.4 Å². The molecule has 0 aliphatic heterocycles. The van der Waals surface area contributed by atoms with Crippen molar-refractivity contribution < 1.29 is 29.3 Å². The normalized spacial score (nSPS) is 10.1. The Balaban J connectivity index is 2.35. The Bertz CT molecular complexity index is 709. The fraction of sp³-hybridized carbons (Fsp3) is 0. The van der Waals surface area contributed by atoms with Gasteiger partial charge in [-0.15, -0.1) is 0 Å². The van der Waals surface area contributed by atoms with Gasteiger partial charge in [0, 0.05) is 11.6 Å². The zero-order valence-electron chi connectivity index (χ0n) is 10.5. The Kier molecular flexibility index (Phi) is 3.75. The molecule has 0 radical (unpaired) electrons. The van der Waals surface area contributed by atoms with Crippen LogP contribution < -0.4 is 5.32 Å². The number of aromatic carboxylic acids is 1. The summed E-state index contributed by atoms with van der Waals surface area (Å²) in [6.45, 7) is 0. The van der Waals surface area contributed by atoms with Gasteiger partial charge in [-0.25, -0.2) is 9.18 Å². The first-order valence-electron chi connectivity index (χ1n) is 5.74. The third-order valence-electron chi connectivity index (χ3n) is 2.62. The Labute approximate surface area is 118 Å². The van der Waals surface area contributed by atoms with E-state index in [4.69, 9.17) is 5.11 Å². The van der Waals surface area contributed by atoms with Crippen molar-refractivity contribution in [3.8, 4) is 11.5 Å². The maximum atomic E-state index is 13.2. The van der Waals surface area contributed by atoms with Gasteiger partial charge >= 0.3 is 5.97 Å². The molecule has 0 aliphatic rings. The van der Waals surface area contributed by atoms with Crippen molar-refractivity contribution in [3.05, 3.63) is 53.3 Å². The minimum Gasteiger partial charge on any atom is -0.508 e. The molecule has 0 heterocycles. The number of nitrogens with one attached hydrogen (secondary N) is 1. The SMILES string of the molecule is O=C(Nc1cc(F)ccc1C(=O)O)c1cc(O)cc(O)c1. The summed E-state index contributed by atoms with van der Waals surface area (Å²) >= 11 is 0. The standard InChI is InChI=1S/C14H10FNO5/c15-8-1-2-11(14(20)21)12(5-8)16-13(19)7-3-9(17)6-10(18)4-7/h1-6,17-18H,(H,16,19)(H,20,21). The highest BCUT2D eigenvalue weighted by molar-refractivity contribution is 6.08. The van der Waals surface area contributed by atoms with Gasteiger partial charge in [-0.2, -0.15) is 0 Å². The van der Waals surface area contributed by atoms with Gasteiger partial charge in [-0.05, 0) is 30.3 Å². The van der Waals surface area contributed by atoms with Crippen molar-refractivity contribution in [3.63, 3.8) is 0 Å². The van der Waals surface area contributed by atoms with Crippen LogP contribution in [-0.4, -0.2) is 27.2 Å². The summed E-state index contributed by atoms with van der Waals surface area (Å²) in [6.07, 6.45) is 0. The van der Waals surface area contributed by atoms with Crippen LogP contribution in [-0.2, 0) is 0 Å². The molecule has 2 aromatic carbocycles. The predicted octanol–water partition coefficient (Wildman–Crippen LogP) is 2.19. The van der Waals surface area contributed by atoms with Crippen LogP contribution in [0.4, 0.5) is 10.1 Å². The molecular weight excluding hydrogens is 281 g/mol. The Morgan fingerprint density at radius 1 is 1.00 bits per heavy atom. The van der Waals surface area contributed by atoms with Crippen molar-refractivity contribution in [1.29, 1.82) is 0 Å². The molecule has 0 aliphatic carbocycles. The number of phenols is 2. The molecule has 0 unspecified atom stereocenters. The Morgan fingerprint density at radius 2 is 1.62 bits per heavy atom. The summed E-state index contributed by atoms with van der Waals surface area (Å²) in [5.74, 6) is -3.51. The van der Waals surface area contributed by atoms with E-state index in [0.29, 0.717) is 0 Å². The van der Waals surface area contributed by atoms with E-state index in [9.17, 15) is 24.2 Å². The number of carbonyl (C=O) groups is 2. The molecule has 0 saturated heterocycles. The summed E-state index contributed by atoms with van der Waals surface area (Å²) in [7, 11) is 0. The van der Waals surface area contributed by atoms with Crippen LogP contribution in [0.3, 0.4) is 0 Å². The Hall–Kier alpha value is -3.09. The third kappa shape index (κ3) is 3.27. The molecule has 108 valence electrons. The quantitative estimate of drug-likeness (QED) is 0.693.